The monoisotopic (exact) mass is 850 g/mol. The molecule has 4 heterocycles. The van der Waals surface area contributed by atoms with Crippen LogP contribution in [0.1, 0.15) is 18.7 Å². The van der Waals surface area contributed by atoms with E-state index in [0.717, 1.165) is 95.9 Å². The van der Waals surface area contributed by atoms with E-state index >= 15 is 0 Å². The van der Waals surface area contributed by atoms with Gasteiger partial charge < -0.3 is 4.57 Å². The van der Waals surface area contributed by atoms with Gasteiger partial charge in [-0.05, 0) is 108 Å². The highest BCUT2D eigenvalue weighted by Crippen LogP contribution is 2.42. The summed E-state index contributed by atoms with van der Waals surface area (Å²) in [6.07, 6.45) is 8.31. The average Bonchev–Trinajstić information content (AvgIpc) is 4.07. The van der Waals surface area contributed by atoms with Gasteiger partial charge in [-0.15, -0.1) is 11.3 Å². The van der Waals surface area contributed by atoms with Gasteiger partial charge >= 0.3 is 0 Å². The van der Waals surface area contributed by atoms with Crippen LogP contribution in [0.25, 0.3) is 115 Å². The normalized spacial score (nSPS) is 12.8. The Morgan fingerprint density at radius 3 is 1.89 bits per heavy atom. The summed E-state index contributed by atoms with van der Waals surface area (Å²) in [5, 5.41) is 4.76. The maximum absolute atomic E-state index is 5.30. The number of fused-ring (bicyclic) bond motifs is 7. The van der Waals surface area contributed by atoms with Crippen molar-refractivity contribution in [1.29, 1.82) is 0 Å². The van der Waals surface area contributed by atoms with Crippen LogP contribution in [-0.2, 0) is 0 Å². The van der Waals surface area contributed by atoms with Crippen molar-refractivity contribution in [3.8, 4) is 56.7 Å². The largest absolute Gasteiger partial charge is 0.309 e. The summed E-state index contributed by atoms with van der Waals surface area (Å²) in [4.78, 5) is 20.8. The van der Waals surface area contributed by atoms with Gasteiger partial charge in [0.05, 0.1) is 22.1 Å². The number of para-hydroxylation sites is 5. The summed E-state index contributed by atoms with van der Waals surface area (Å²) in [7, 11) is 0. The van der Waals surface area contributed by atoms with E-state index in [1.54, 1.807) is 11.3 Å². The lowest BCUT2D eigenvalue weighted by molar-refractivity contribution is 0.979. The van der Waals surface area contributed by atoms with Crippen molar-refractivity contribution in [2.45, 2.75) is 12.8 Å². The van der Waals surface area contributed by atoms with Crippen molar-refractivity contribution in [3.63, 3.8) is 0 Å². The van der Waals surface area contributed by atoms with Crippen LogP contribution in [0.3, 0.4) is 0 Å². The van der Waals surface area contributed by atoms with E-state index in [1.165, 1.54) is 26.4 Å². The Morgan fingerprint density at radius 1 is 0.431 bits per heavy atom. The topological polar surface area (TPSA) is 61.4 Å². The van der Waals surface area contributed by atoms with E-state index in [1.807, 2.05) is 12.1 Å². The van der Waals surface area contributed by atoms with Crippen LogP contribution < -0.4 is 0 Å². The number of thiophene rings is 1. The lowest BCUT2D eigenvalue weighted by atomic mass is 10.0. The summed E-state index contributed by atoms with van der Waals surface area (Å²) < 4.78 is 6.97. The van der Waals surface area contributed by atoms with Crippen molar-refractivity contribution < 1.29 is 0 Å². The van der Waals surface area contributed by atoms with E-state index in [2.05, 4.69) is 203 Å². The minimum Gasteiger partial charge on any atom is -0.309 e. The lowest BCUT2D eigenvalue weighted by Gasteiger charge is -2.12. The van der Waals surface area contributed by atoms with Gasteiger partial charge in [0.15, 0.2) is 17.5 Å². The minimum absolute atomic E-state index is 0.669. The number of allylic oxidation sites excluding steroid dienone is 4. The second kappa shape index (κ2) is 15.2. The molecular weight excluding hydrogens is 813 g/mol. The van der Waals surface area contributed by atoms with Crippen LogP contribution in [0.4, 0.5) is 0 Å². The van der Waals surface area contributed by atoms with Crippen molar-refractivity contribution in [3.05, 3.63) is 212 Å². The molecule has 7 heteroatoms. The first-order valence-electron chi connectivity index (χ1n) is 22.0. The van der Waals surface area contributed by atoms with Gasteiger partial charge in [0.2, 0.25) is 0 Å². The van der Waals surface area contributed by atoms with Crippen LogP contribution >= 0.6 is 11.3 Å². The summed E-state index contributed by atoms with van der Waals surface area (Å²) >= 11 is 1.80. The predicted molar refractivity (Wildman–Crippen MR) is 270 cm³/mol. The molecule has 0 N–H and O–H groups in total. The molecule has 8 aromatic carbocycles. The Balaban J connectivity index is 0.907. The van der Waals surface area contributed by atoms with Gasteiger partial charge in [0.25, 0.3) is 0 Å². The zero-order chi connectivity index (χ0) is 42.8. The predicted octanol–water partition coefficient (Wildman–Crippen LogP) is 15.1. The molecule has 0 aliphatic heterocycles. The second-order valence-corrected chi connectivity index (χ2v) is 17.6. The van der Waals surface area contributed by atoms with Gasteiger partial charge in [0.1, 0.15) is 5.82 Å². The number of imidazole rings is 1. The second-order valence-electron chi connectivity index (χ2n) is 16.6. The first-order chi connectivity index (χ1) is 32.2. The Hall–Kier alpha value is -8.26. The SMILES string of the molecule is C1=CCCC(c2nc(-c3ccc4c(c3)c3ccccc3n4-c3ccccc3)nc(-c3cccc4c3sc3ccc(-c5ccc(-c6nc7ccccc7n6-c6ccccc6)cc5)cc34)n2)=C1. The maximum atomic E-state index is 5.30. The fraction of sp³-hybridized carbons (Fsp3) is 0.0345. The molecule has 6 nitrogen and oxygen atoms in total. The molecule has 12 aromatic rings. The van der Waals surface area contributed by atoms with Crippen molar-refractivity contribution in [1.82, 2.24) is 29.1 Å². The molecule has 0 unspecified atom stereocenters. The van der Waals surface area contributed by atoms with Crippen molar-refractivity contribution in [2.24, 2.45) is 0 Å². The fourth-order valence-electron chi connectivity index (χ4n) is 9.55. The average molecular weight is 851 g/mol. The standard InChI is InChI=1S/C58H38N6S/c1-4-15-38(16-5-1)55-60-56(41-31-33-51-47(36-41)44-21-10-12-25-50(44)63(51)42-17-6-2-7-18-42)62-57(61-55)46-23-14-22-45-48-35-40(32-34-53(48)65-54(45)46)37-27-29-39(30-28-37)58-59-49-24-11-13-26-52(49)64(58)43-19-8-3-9-20-43/h1-4,6-15,17-36H,5,16H2. The number of rotatable bonds is 7. The number of hydrogen-bond acceptors (Lipinski definition) is 5. The molecular formula is C58H38N6S. The van der Waals surface area contributed by atoms with E-state index in [-0.39, 0.29) is 0 Å². The first-order valence-corrected chi connectivity index (χ1v) is 22.8. The highest BCUT2D eigenvalue weighted by Gasteiger charge is 2.20. The molecule has 1 aliphatic rings. The van der Waals surface area contributed by atoms with Crippen LogP contribution in [-0.4, -0.2) is 29.1 Å². The lowest BCUT2D eigenvalue weighted by Crippen LogP contribution is -2.04. The highest BCUT2D eigenvalue weighted by atomic mass is 32.1. The van der Waals surface area contributed by atoms with Gasteiger partial charge in [-0.25, -0.2) is 19.9 Å². The molecule has 0 fully saturated rings. The molecule has 0 saturated carbocycles. The number of hydrogen-bond donors (Lipinski definition) is 0. The Morgan fingerprint density at radius 2 is 1.08 bits per heavy atom. The zero-order valence-corrected chi connectivity index (χ0v) is 36.0. The Labute approximate surface area is 378 Å². The van der Waals surface area contributed by atoms with Gasteiger partial charge in [-0.1, -0.05) is 127 Å². The van der Waals surface area contributed by atoms with Gasteiger partial charge in [0, 0.05) is 59.0 Å². The third kappa shape index (κ3) is 6.31. The number of nitrogens with zero attached hydrogens (tertiary/aromatic N) is 6. The van der Waals surface area contributed by atoms with E-state index in [4.69, 9.17) is 19.9 Å². The summed E-state index contributed by atoms with van der Waals surface area (Å²) in [5.74, 6) is 3.00. The third-order valence-electron chi connectivity index (χ3n) is 12.7. The molecule has 0 spiro atoms. The molecule has 1 aliphatic carbocycles. The van der Waals surface area contributed by atoms with Crippen molar-refractivity contribution in [2.75, 3.05) is 0 Å². The Kier molecular flexibility index (Phi) is 8.74. The fourth-order valence-corrected chi connectivity index (χ4v) is 10.7. The number of aromatic nitrogens is 6. The molecule has 0 bridgehead atoms. The highest BCUT2D eigenvalue weighted by molar-refractivity contribution is 7.26. The molecule has 13 rings (SSSR count). The molecule has 0 amide bonds. The van der Waals surface area contributed by atoms with Crippen LogP contribution in [0.2, 0.25) is 0 Å². The minimum atomic E-state index is 0.669. The summed E-state index contributed by atoms with van der Waals surface area (Å²) in [5.41, 5.74) is 13.1. The molecule has 65 heavy (non-hydrogen) atoms. The first kappa shape index (κ1) is 37.3. The molecule has 306 valence electrons. The molecule has 0 saturated heterocycles. The molecule has 4 aromatic heterocycles. The smallest absolute Gasteiger partial charge is 0.165 e. The Bertz CT molecular complexity index is 3870. The van der Waals surface area contributed by atoms with Crippen molar-refractivity contribution >= 4 is 69.9 Å². The molecule has 0 atom stereocenters. The quantitative estimate of drug-likeness (QED) is 0.160. The van der Waals surface area contributed by atoms with Crippen LogP contribution in [0.15, 0.2) is 206 Å². The van der Waals surface area contributed by atoms with Gasteiger partial charge in [-0.2, -0.15) is 0 Å². The van der Waals surface area contributed by atoms with Gasteiger partial charge in [-0.3, -0.25) is 4.57 Å². The third-order valence-corrected chi connectivity index (χ3v) is 13.9. The van der Waals surface area contributed by atoms with Crippen LogP contribution in [0, 0.1) is 0 Å². The number of benzene rings is 8. The van der Waals surface area contributed by atoms with E-state index < -0.39 is 0 Å². The van der Waals surface area contributed by atoms with Crippen LogP contribution in [0.5, 0.6) is 0 Å². The maximum Gasteiger partial charge on any atom is 0.165 e. The zero-order valence-electron chi connectivity index (χ0n) is 35.1. The van der Waals surface area contributed by atoms with E-state index in [9.17, 15) is 0 Å². The van der Waals surface area contributed by atoms with E-state index in [0.29, 0.717) is 11.6 Å². The summed E-state index contributed by atoms with van der Waals surface area (Å²) in [6.45, 7) is 0. The molecule has 0 radical (unpaired) electrons. The summed E-state index contributed by atoms with van der Waals surface area (Å²) in [6, 6.07) is 66.8.